The summed E-state index contributed by atoms with van der Waals surface area (Å²) in [7, 11) is 0. The highest BCUT2D eigenvalue weighted by Gasteiger charge is 2.36. The number of rotatable bonds is 4. The number of aliphatic hydroxyl groups excluding tert-OH is 5. The molecule has 0 radical (unpaired) electrons. The number of Topliss-reactive ketones (excluding diaryl/α,β-unsaturated/α-hetero) is 1. The quantitative estimate of drug-likeness (QED) is 0.216. The fourth-order valence-electron chi connectivity index (χ4n) is 3.62. The molecule has 0 aliphatic carbocycles. The SMILES string of the molecule is CC1(C)OCC(=O)CO1.CC1(C)OCC(N2CC(O)C2)CO1.OC1CNC1.OCC(CO)N1CC(O)C1. The van der Waals surface area contributed by atoms with Crippen molar-refractivity contribution < 1.29 is 49.3 Å². The summed E-state index contributed by atoms with van der Waals surface area (Å²) in [5.41, 5.74) is 0. The number of ketones is 1. The summed E-state index contributed by atoms with van der Waals surface area (Å²) in [5, 5.41) is 46.6. The standard InChI is InChI=1S/C9H17NO3.C6H13NO3.C6H10O3.C3H7NO/c1-9(2)12-5-7(6-13-9)10-3-8(11)4-10;8-3-5(4-9)7-1-6(10)2-7;1-6(2)8-3-5(7)4-9-6;5-3-1-4-2-3/h7-8,11H,3-6H2,1-2H3;5-6,8-10H,1-4H2;3-4H2,1-2H3;3-5H,1-2H2. The zero-order valence-electron chi connectivity index (χ0n) is 22.5. The van der Waals surface area contributed by atoms with Crippen LogP contribution in [0, 0.1) is 0 Å². The number of nitrogens with zero attached hydrogens (tertiary/aromatic N) is 2. The molecule has 13 heteroatoms. The Morgan fingerprint density at radius 1 is 0.811 bits per heavy atom. The lowest BCUT2D eigenvalue weighted by Crippen LogP contribution is -2.60. The van der Waals surface area contributed by atoms with Crippen molar-refractivity contribution in [2.75, 3.05) is 78.9 Å². The lowest BCUT2D eigenvalue weighted by atomic mass is 10.1. The van der Waals surface area contributed by atoms with E-state index in [1.54, 1.807) is 13.8 Å². The van der Waals surface area contributed by atoms with Crippen molar-refractivity contribution in [3.8, 4) is 0 Å². The van der Waals surface area contributed by atoms with Crippen LogP contribution in [-0.4, -0.2) is 162 Å². The van der Waals surface area contributed by atoms with Crippen LogP contribution < -0.4 is 5.32 Å². The van der Waals surface area contributed by atoms with Gasteiger partial charge in [-0.25, -0.2) is 0 Å². The normalized spacial score (nSPS) is 26.8. The Balaban J connectivity index is 0.000000181. The first-order valence-electron chi connectivity index (χ1n) is 12.9. The van der Waals surface area contributed by atoms with Gasteiger partial charge in [-0.3, -0.25) is 14.6 Å². The van der Waals surface area contributed by atoms with Crippen LogP contribution in [-0.2, 0) is 23.7 Å². The minimum atomic E-state index is -0.562. The molecule has 0 saturated carbocycles. The zero-order valence-corrected chi connectivity index (χ0v) is 22.5. The maximum Gasteiger partial charge on any atom is 0.184 e. The van der Waals surface area contributed by atoms with Crippen molar-refractivity contribution in [2.45, 2.75) is 69.7 Å². The van der Waals surface area contributed by atoms with Crippen LogP contribution in [0.25, 0.3) is 0 Å². The highest BCUT2D eigenvalue weighted by atomic mass is 16.7. The fraction of sp³-hybridized carbons (Fsp3) is 0.958. The molecule has 6 N–H and O–H groups in total. The summed E-state index contributed by atoms with van der Waals surface area (Å²) in [6.45, 7) is 13.4. The first kappa shape index (κ1) is 32.4. The van der Waals surface area contributed by atoms with E-state index in [1.165, 1.54) is 0 Å². The summed E-state index contributed by atoms with van der Waals surface area (Å²) in [6, 6.07) is 0.153. The van der Waals surface area contributed by atoms with E-state index in [2.05, 4.69) is 10.2 Å². The van der Waals surface area contributed by atoms with E-state index < -0.39 is 11.6 Å². The van der Waals surface area contributed by atoms with Crippen molar-refractivity contribution >= 4 is 5.78 Å². The van der Waals surface area contributed by atoms with Gasteiger partial charge < -0.3 is 49.8 Å². The molecule has 5 fully saturated rings. The second-order valence-electron chi connectivity index (χ2n) is 10.7. The summed E-state index contributed by atoms with van der Waals surface area (Å²) in [4.78, 5) is 14.5. The van der Waals surface area contributed by atoms with Crippen LogP contribution in [0.3, 0.4) is 0 Å². The summed E-state index contributed by atoms with van der Waals surface area (Å²) in [6.07, 6.45) is -0.453. The van der Waals surface area contributed by atoms with Gasteiger partial charge in [-0.2, -0.15) is 0 Å². The predicted molar refractivity (Wildman–Crippen MR) is 133 cm³/mol. The fourth-order valence-corrected chi connectivity index (χ4v) is 3.62. The summed E-state index contributed by atoms with van der Waals surface area (Å²) in [5.74, 6) is -0.984. The summed E-state index contributed by atoms with van der Waals surface area (Å²) >= 11 is 0. The lowest BCUT2D eigenvalue weighted by Gasteiger charge is -2.45. The van der Waals surface area contributed by atoms with Crippen molar-refractivity contribution in [2.24, 2.45) is 0 Å². The molecule has 0 atom stereocenters. The molecule has 0 aromatic heterocycles. The number of carbonyl (C=O) groups excluding carboxylic acids is 1. The maximum atomic E-state index is 10.5. The van der Waals surface area contributed by atoms with E-state index in [4.69, 9.17) is 44.5 Å². The molecular weight excluding hydrogens is 490 g/mol. The zero-order chi connectivity index (χ0) is 27.6. The van der Waals surface area contributed by atoms with Crippen molar-refractivity contribution in [1.82, 2.24) is 15.1 Å². The monoisotopic (exact) mass is 537 g/mol. The number of ether oxygens (including phenoxy) is 4. The van der Waals surface area contributed by atoms with E-state index in [0.717, 1.165) is 26.2 Å². The average molecular weight is 538 g/mol. The Hall–Kier alpha value is -0.810. The topological polar surface area (TPSA) is 174 Å². The molecule has 0 unspecified atom stereocenters. The molecule has 5 aliphatic rings. The number of nitrogens with one attached hydrogen (secondary N) is 1. The second-order valence-corrected chi connectivity index (χ2v) is 10.7. The van der Waals surface area contributed by atoms with E-state index in [0.29, 0.717) is 32.3 Å². The lowest BCUT2D eigenvalue weighted by molar-refractivity contribution is -0.270. The predicted octanol–water partition coefficient (Wildman–Crippen LogP) is -2.88. The Morgan fingerprint density at radius 3 is 1.57 bits per heavy atom. The van der Waals surface area contributed by atoms with E-state index in [-0.39, 0.29) is 56.6 Å². The van der Waals surface area contributed by atoms with Gasteiger partial charge in [-0.15, -0.1) is 0 Å². The molecule has 5 heterocycles. The van der Waals surface area contributed by atoms with Crippen LogP contribution in [0.15, 0.2) is 0 Å². The van der Waals surface area contributed by atoms with Crippen LogP contribution in [0.4, 0.5) is 0 Å². The second kappa shape index (κ2) is 15.1. The number of β-amino-alcohol motifs (C(OH)–C–C–N with tert-alkyl or cyclic N) is 3. The van der Waals surface area contributed by atoms with Crippen LogP contribution in [0.5, 0.6) is 0 Å². The molecule has 0 spiro atoms. The Labute approximate surface area is 219 Å². The van der Waals surface area contributed by atoms with Gasteiger partial charge in [-0.05, 0) is 27.7 Å². The van der Waals surface area contributed by atoms with Gasteiger partial charge in [0.25, 0.3) is 0 Å². The van der Waals surface area contributed by atoms with Crippen LogP contribution >= 0.6 is 0 Å². The molecule has 218 valence electrons. The molecular formula is C24H47N3O10. The third-order valence-electron chi connectivity index (χ3n) is 6.40. The molecule has 5 saturated heterocycles. The smallest absolute Gasteiger partial charge is 0.184 e. The van der Waals surface area contributed by atoms with Crippen LogP contribution in [0.2, 0.25) is 0 Å². The number of carbonyl (C=O) groups is 1. The Kier molecular flexibility index (Phi) is 13.2. The van der Waals surface area contributed by atoms with Gasteiger partial charge >= 0.3 is 0 Å². The van der Waals surface area contributed by atoms with Crippen LogP contribution in [0.1, 0.15) is 27.7 Å². The number of hydrogen-bond acceptors (Lipinski definition) is 13. The summed E-state index contributed by atoms with van der Waals surface area (Å²) < 4.78 is 21.1. The van der Waals surface area contributed by atoms with E-state index in [1.807, 2.05) is 18.7 Å². The van der Waals surface area contributed by atoms with Crippen molar-refractivity contribution in [3.63, 3.8) is 0 Å². The number of likely N-dealkylation sites (tertiary alicyclic amines) is 2. The molecule has 37 heavy (non-hydrogen) atoms. The van der Waals surface area contributed by atoms with Gasteiger partial charge in [0.15, 0.2) is 17.4 Å². The molecule has 0 amide bonds. The minimum Gasteiger partial charge on any atom is -0.395 e. The molecule has 5 aliphatic heterocycles. The van der Waals surface area contributed by atoms with Gasteiger partial charge in [0.05, 0.1) is 56.8 Å². The largest absolute Gasteiger partial charge is 0.395 e. The maximum absolute atomic E-state index is 10.5. The third-order valence-corrected chi connectivity index (χ3v) is 6.40. The van der Waals surface area contributed by atoms with Crippen molar-refractivity contribution in [3.05, 3.63) is 0 Å². The van der Waals surface area contributed by atoms with E-state index in [9.17, 15) is 4.79 Å². The highest BCUT2D eigenvalue weighted by molar-refractivity contribution is 5.81. The highest BCUT2D eigenvalue weighted by Crippen LogP contribution is 2.22. The molecule has 0 bridgehead atoms. The molecule has 13 nitrogen and oxygen atoms in total. The Morgan fingerprint density at radius 2 is 1.24 bits per heavy atom. The number of hydrogen-bond donors (Lipinski definition) is 6. The first-order valence-corrected chi connectivity index (χ1v) is 12.9. The average Bonchev–Trinajstić information content (AvgIpc) is 2.79. The molecule has 5 rings (SSSR count). The van der Waals surface area contributed by atoms with Gasteiger partial charge in [0.1, 0.15) is 13.2 Å². The molecule has 0 aromatic rings. The number of aliphatic hydroxyl groups is 5. The van der Waals surface area contributed by atoms with Gasteiger partial charge in [-0.1, -0.05) is 0 Å². The van der Waals surface area contributed by atoms with Gasteiger partial charge in [0.2, 0.25) is 0 Å². The van der Waals surface area contributed by atoms with Gasteiger partial charge in [0, 0.05) is 39.3 Å². The third kappa shape index (κ3) is 11.9. The van der Waals surface area contributed by atoms with Crippen molar-refractivity contribution in [1.29, 1.82) is 0 Å². The Bertz CT molecular complexity index is 641. The van der Waals surface area contributed by atoms with E-state index >= 15 is 0 Å². The molecule has 0 aromatic carbocycles. The first-order chi connectivity index (χ1) is 17.3. The minimum absolute atomic E-state index is 0.00863.